The minimum Gasteiger partial charge on any atom is -0.310 e. The molecule has 0 saturated carbocycles. The number of carbonyl (C=O) groups is 1. The Morgan fingerprint density at radius 1 is 1.14 bits per heavy atom. The number of carbonyl (C=O) groups excluding carboxylic acids is 1. The Bertz CT molecular complexity index is 556. The van der Waals surface area contributed by atoms with Gasteiger partial charge >= 0.3 is 0 Å². The van der Waals surface area contributed by atoms with Gasteiger partial charge in [-0.25, -0.2) is 0 Å². The Morgan fingerprint density at radius 2 is 1.86 bits per heavy atom. The smallest absolute Gasteiger partial charge is 0.244 e. The van der Waals surface area contributed by atoms with Gasteiger partial charge in [-0.15, -0.1) is 0 Å². The quantitative estimate of drug-likeness (QED) is 0.833. The van der Waals surface area contributed by atoms with Gasteiger partial charge in [0.05, 0.1) is 16.8 Å². The molecule has 0 radical (unpaired) electrons. The van der Waals surface area contributed by atoms with Crippen LogP contribution in [0.25, 0.3) is 0 Å². The second kappa shape index (κ2) is 6.46. The van der Waals surface area contributed by atoms with Gasteiger partial charge in [0.1, 0.15) is 0 Å². The molecule has 1 unspecified atom stereocenters. The van der Waals surface area contributed by atoms with E-state index in [0.717, 1.165) is 38.2 Å². The normalized spacial score (nSPS) is 25.3. The van der Waals surface area contributed by atoms with Crippen LogP contribution in [0.4, 0.5) is 5.69 Å². The zero-order valence-corrected chi connectivity index (χ0v) is 13.4. The molecule has 2 aliphatic heterocycles. The van der Waals surface area contributed by atoms with Crippen molar-refractivity contribution in [1.82, 2.24) is 4.90 Å². The van der Waals surface area contributed by atoms with Crippen molar-refractivity contribution < 1.29 is 9.00 Å². The Balaban J connectivity index is 1.78. The molecule has 2 fully saturated rings. The Hall–Kier alpha value is -0.910. The summed E-state index contributed by atoms with van der Waals surface area (Å²) in [5.41, 5.74) is 0.800. The third-order valence-corrected chi connectivity index (χ3v) is 5.80. The van der Waals surface area contributed by atoms with Crippen molar-refractivity contribution >= 4 is 34.0 Å². The maximum absolute atomic E-state index is 12.8. The highest BCUT2D eigenvalue weighted by Gasteiger charge is 2.35. The topological polar surface area (TPSA) is 40.6 Å². The molecule has 0 aromatic heterocycles. The fourth-order valence-electron chi connectivity index (χ4n) is 3.07. The molecule has 1 aromatic carbocycles. The van der Waals surface area contributed by atoms with Crippen molar-refractivity contribution in [2.45, 2.75) is 18.9 Å². The summed E-state index contributed by atoms with van der Waals surface area (Å²) < 4.78 is 11.5. The monoisotopic (exact) mass is 326 g/mol. The van der Waals surface area contributed by atoms with Gasteiger partial charge in [0, 0.05) is 41.9 Å². The molecule has 0 N–H and O–H groups in total. The molecule has 1 amide bonds. The fraction of sp³-hybridized carbons (Fsp3) is 0.533. The zero-order valence-electron chi connectivity index (χ0n) is 11.8. The van der Waals surface area contributed by atoms with E-state index in [1.54, 1.807) is 0 Å². The van der Waals surface area contributed by atoms with Crippen LogP contribution in [-0.4, -0.2) is 52.2 Å². The second-order valence-corrected chi connectivity index (χ2v) is 7.59. The van der Waals surface area contributed by atoms with Gasteiger partial charge in [0.25, 0.3) is 0 Å². The van der Waals surface area contributed by atoms with Crippen molar-refractivity contribution in [2.75, 3.05) is 36.0 Å². The Labute approximate surface area is 132 Å². The number of piperidine rings is 1. The summed E-state index contributed by atoms with van der Waals surface area (Å²) in [6.45, 7) is 2.22. The molecule has 6 heteroatoms. The summed E-state index contributed by atoms with van der Waals surface area (Å²) in [6, 6.07) is 7.40. The van der Waals surface area contributed by atoms with E-state index in [9.17, 15) is 9.00 Å². The lowest BCUT2D eigenvalue weighted by atomic mass is 10.0. The van der Waals surface area contributed by atoms with Crippen LogP contribution in [0.2, 0.25) is 5.02 Å². The molecule has 1 aromatic rings. The number of nitrogens with zero attached hydrogens (tertiary/aromatic N) is 2. The third-order valence-electron chi connectivity index (χ3n) is 4.21. The van der Waals surface area contributed by atoms with Crippen molar-refractivity contribution in [2.24, 2.45) is 0 Å². The van der Waals surface area contributed by atoms with E-state index in [1.165, 1.54) is 0 Å². The largest absolute Gasteiger partial charge is 0.310 e. The molecule has 1 atom stereocenters. The standard InChI is InChI=1S/C15H19ClN2O2S/c16-12-4-1-2-5-13(12)18-7-3-6-14(15(18)19)17-8-10-21(20)11-9-17/h1-2,4-5,14H,3,6-11H2. The van der Waals surface area contributed by atoms with Gasteiger partial charge in [-0.05, 0) is 25.0 Å². The van der Waals surface area contributed by atoms with Crippen LogP contribution in [-0.2, 0) is 15.6 Å². The van der Waals surface area contributed by atoms with E-state index in [1.807, 2.05) is 29.2 Å². The van der Waals surface area contributed by atoms with Gasteiger partial charge in [-0.2, -0.15) is 0 Å². The average Bonchev–Trinajstić information content (AvgIpc) is 2.50. The minimum atomic E-state index is -0.713. The van der Waals surface area contributed by atoms with Gasteiger partial charge in [0.2, 0.25) is 5.91 Å². The second-order valence-electron chi connectivity index (χ2n) is 5.48. The van der Waals surface area contributed by atoms with Crippen LogP contribution >= 0.6 is 11.6 Å². The Kier molecular flexibility index (Phi) is 4.62. The van der Waals surface area contributed by atoms with Gasteiger partial charge in [-0.3, -0.25) is 13.9 Å². The lowest BCUT2D eigenvalue weighted by Gasteiger charge is -2.40. The van der Waals surface area contributed by atoms with Crippen LogP contribution in [0.1, 0.15) is 12.8 Å². The summed E-state index contributed by atoms with van der Waals surface area (Å²) in [6.07, 6.45) is 1.85. The fourth-order valence-corrected chi connectivity index (χ4v) is 4.39. The predicted octanol–water partition coefficient (Wildman–Crippen LogP) is 1.90. The summed E-state index contributed by atoms with van der Waals surface area (Å²) in [5, 5.41) is 0.617. The van der Waals surface area contributed by atoms with E-state index in [2.05, 4.69) is 4.90 Å². The maximum Gasteiger partial charge on any atom is 0.244 e. The van der Waals surface area contributed by atoms with E-state index in [-0.39, 0.29) is 11.9 Å². The molecule has 3 rings (SSSR count). The van der Waals surface area contributed by atoms with Crippen molar-refractivity contribution in [3.63, 3.8) is 0 Å². The first kappa shape index (κ1) is 15.0. The highest BCUT2D eigenvalue weighted by atomic mass is 35.5. The molecule has 0 aliphatic carbocycles. The number of anilines is 1. The van der Waals surface area contributed by atoms with Crippen LogP contribution in [0, 0.1) is 0 Å². The van der Waals surface area contributed by atoms with Gasteiger partial charge < -0.3 is 4.90 Å². The van der Waals surface area contributed by atoms with Gasteiger partial charge in [-0.1, -0.05) is 23.7 Å². The molecule has 2 saturated heterocycles. The first-order valence-electron chi connectivity index (χ1n) is 7.32. The molecule has 21 heavy (non-hydrogen) atoms. The molecule has 114 valence electrons. The number of benzene rings is 1. The molecule has 0 bridgehead atoms. The molecule has 2 aliphatic rings. The first-order valence-corrected chi connectivity index (χ1v) is 9.18. The molecular weight excluding hydrogens is 308 g/mol. The van der Waals surface area contributed by atoms with E-state index < -0.39 is 10.8 Å². The van der Waals surface area contributed by atoms with E-state index in [0.29, 0.717) is 16.5 Å². The Morgan fingerprint density at radius 3 is 2.57 bits per heavy atom. The minimum absolute atomic E-state index is 0.0904. The summed E-state index contributed by atoms with van der Waals surface area (Å²) >= 11 is 6.23. The number of amides is 1. The number of hydrogen-bond acceptors (Lipinski definition) is 3. The third kappa shape index (κ3) is 3.15. The molecule has 2 heterocycles. The van der Waals surface area contributed by atoms with E-state index >= 15 is 0 Å². The first-order chi connectivity index (χ1) is 10.2. The highest BCUT2D eigenvalue weighted by Crippen LogP contribution is 2.30. The summed E-state index contributed by atoms with van der Waals surface area (Å²) in [7, 11) is -0.713. The zero-order chi connectivity index (χ0) is 14.8. The van der Waals surface area contributed by atoms with E-state index in [4.69, 9.17) is 11.6 Å². The van der Waals surface area contributed by atoms with Crippen LogP contribution in [0.3, 0.4) is 0 Å². The number of para-hydroxylation sites is 1. The molecular formula is C15H19ClN2O2S. The van der Waals surface area contributed by atoms with Crippen LogP contribution in [0.15, 0.2) is 24.3 Å². The number of rotatable bonds is 2. The highest BCUT2D eigenvalue weighted by molar-refractivity contribution is 7.85. The number of halogens is 1. The predicted molar refractivity (Wildman–Crippen MR) is 86.3 cm³/mol. The van der Waals surface area contributed by atoms with Crippen LogP contribution in [0.5, 0.6) is 0 Å². The summed E-state index contributed by atoms with van der Waals surface area (Å²) in [4.78, 5) is 16.8. The average molecular weight is 327 g/mol. The SMILES string of the molecule is O=C1C(N2CCS(=O)CC2)CCCN1c1ccccc1Cl. The van der Waals surface area contributed by atoms with Crippen molar-refractivity contribution in [1.29, 1.82) is 0 Å². The summed E-state index contributed by atoms with van der Waals surface area (Å²) in [5.74, 6) is 1.48. The molecule has 4 nitrogen and oxygen atoms in total. The van der Waals surface area contributed by atoms with Crippen LogP contribution < -0.4 is 4.90 Å². The lowest BCUT2D eigenvalue weighted by Crippen LogP contribution is -2.55. The maximum atomic E-state index is 12.8. The van der Waals surface area contributed by atoms with Crippen molar-refractivity contribution in [3.05, 3.63) is 29.3 Å². The molecule has 0 spiro atoms. The van der Waals surface area contributed by atoms with Gasteiger partial charge in [0.15, 0.2) is 0 Å². The number of hydrogen-bond donors (Lipinski definition) is 0. The van der Waals surface area contributed by atoms with Crippen molar-refractivity contribution in [3.8, 4) is 0 Å². The lowest BCUT2D eigenvalue weighted by molar-refractivity contribution is -0.125.